The minimum Gasteiger partial charge on any atom is -0.397 e. The Morgan fingerprint density at radius 2 is 2.16 bits per heavy atom. The predicted molar refractivity (Wildman–Crippen MR) is 69.2 cm³/mol. The molecule has 3 N–H and O–H groups in total. The number of nitrogens with two attached hydrogens (primary N) is 1. The standard InChI is InChI=1S/C10H15N3O5S/c1-7(18-2)6-12-19(16,17)10-4-3-8(13(14)15)5-9(10)11/h3-5,7,12H,6,11H2,1-2H3. The maximum atomic E-state index is 11.9. The SMILES string of the molecule is COC(C)CNS(=O)(=O)c1ccc([N+](=O)[O-])cc1N. The second-order valence-corrected chi connectivity index (χ2v) is 5.61. The van der Waals surface area contributed by atoms with E-state index < -0.39 is 14.9 Å². The molecule has 0 radical (unpaired) electrons. The van der Waals surface area contributed by atoms with Crippen molar-refractivity contribution < 1.29 is 18.1 Å². The smallest absolute Gasteiger partial charge is 0.271 e. The highest BCUT2D eigenvalue weighted by Crippen LogP contribution is 2.23. The summed E-state index contributed by atoms with van der Waals surface area (Å²) in [5.74, 6) is 0. The zero-order chi connectivity index (χ0) is 14.6. The Labute approximate surface area is 110 Å². The van der Waals surface area contributed by atoms with E-state index in [0.717, 1.165) is 18.2 Å². The van der Waals surface area contributed by atoms with Gasteiger partial charge in [-0.05, 0) is 13.0 Å². The van der Waals surface area contributed by atoms with Gasteiger partial charge in [-0.3, -0.25) is 10.1 Å². The molecule has 0 fully saturated rings. The van der Waals surface area contributed by atoms with Crippen molar-refractivity contribution in [3.05, 3.63) is 28.3 Å². The Hall–Kier alpha value is -1.71. The Morgan fingerprint density at radius 3 is 2.63 bits per heavy atom. The topological polar surface area (TPSA) is 125 Å². The van der Waals surface area contributed by atoms with E-state index in [1.807, 2.05) is 0 Å². The molecule has 1 atom stereocenters. The van der Waals surface area contributed by atoms with Crippen LogP contribution in [0.3, 0.4) is 0 Å². The number of non-ortho nitro benzene ring substituents is 1. The Bertz CT molecular complexity index is 573. The molecule has 0 saturated carbocycles. The van der Waals surface area contributed by atoms with E-state index in [9.17, 15) is 18.5 Å². The number of nitro groups is 1. The quantitative estimate of drug-likeness (QED) is 0.446. The molecule has 1 aromatic rings. The number of benzene rings is 1. The van der Waals surface area contributed by atoms with Gasteiger partial charge in [0.2, 0.25) is 10.0 Å². The lowest BCUT2D eigenvalue weighted by atomic mass is 10.3. The van der Waals surface area contributed by atoms with Gasteiger partial charge < -0.3 is 10.5 Å². The number of hydrogen-bond donors (Lipinski definition) is 2. The van der Waals surface area contributed by atoms with Crippen molar-refractivity contribution in [2.24, 2.45) is 0 Å². The van der Waals surface area contributed by atoms with Crippen molar-refractivity contribution in [1.29, 1.82) is 0 Å². The van der Waals surface area contributed by atoms with Crippen molar-refractivity contribution in [2.45, 2.75) is 17.9 Å². The molecule has 0 aliphatic carbocycles. The van der Waals surface area contributed by atoms with Gasteiger partial charge in [-0.1, -0.05) is 0 Å². The fourth-order valence-electron chi connectivity index (χ4n) is 1.28. The van der Waals surface area contributed by atoms with E-state index in [-0.39, 0.29) is 28.9 Å². The molecular formula is C10H15N3O5S. The summed E-state index contributed by atoms with van der Waals surface area (Å²) >= 11 is 0. The Morgan fingerprint density at radius 1 is 1.53 bits per heavy atom. The first kappa shape index (κ1) is 15.3. The van der Waals surface area contributed by atoms with Gasteiger partial charge >= 0.3 is 0 Å². The summed E-state index contributed by atoms with van der Waals surface area (Å²) in [5.41, 5.74) is 5.09. The van der Waals surface area contributed by atoms with Gasteiger partial charge in [0.25, 0.3) is 5.69 Å². The fraction of sp³-hybridized carbons (Fsp3) is 0.400. The normalized spacial score (nSPS) is 13.2. The number of nitrogens with one attached hydrogen (secondary N) is 1. The maximum absolute atomic E-state index is 11.9. The van der Waals surface area contributed by atoms with Crippen LogP contribution in [0.4, 0.5) is 11.4 Å². The monoisotopic (exact) mass is 289 g/mol. The summed E-state index contributed by atoms with van der Waals surface area (Å²) in [7, 11) is -2.36. The molecule has 0 aliphatic rings. The average Bonchev–Trinajstić information content (AvgIpc) is 2.35. The number of nitrogens with zero attached hydrogens (tertiary/aromatic N) is 1. The molecule has 19 heavy (non-hydrogen) atoms. The fourth-order valence-corrected chi connectivity index (χ4v) is 2.51. The van der Waals surface area contributed by atoms with E-state index in [4.69, 9.17) is 10.5 Å². The second-order valence-electron chi connectivity index (χ2n) is 3.88. The maximum Gasteiger partial charge on any atom is 0.271 e. The highest BCUT2D eigenvalue weighted by atomic mass is 32.2. The van der Waals surface area contributed by atoms with Crippen LogP contribution in [0.1, 0.15) is 6.92 Å². The number of ether oxygens (including phenoxy) is 1. The van der Waals surface area contributed by atoms with Gasteiger partial charge in [0.1, 0.15) is 4.90 Å². The molecule has 9 heteroatoms. The van der Waals surface area contributed by atoms with Crippen LogP contribution in [0.5, 0.6) is 0 Å². The molecule has 0 amide bonds. The third kappa shape index (κ3) is 3.88. The van der Waals surface area contributed by atoms with Gasteiger partial charge in [-0.25, -0.2) is 13.1 Å². The molecular weight excluding hydrogens is 274 g/mol. The molecule has 1 rings (SSSR count). The van der Waals surface area contributed by atoms with Crippen molar-refractivity contribution in [3.63, 3.8) is 0 Å². The first-order valence-corrected chi connectivity index (χ1v) is 6.82. The van der Waals surface area contributed by atoms with Crippen molar-refractivity contribution in [1.82, 2.24) is 4.72 Å². The van der Waals surface area contributed by atoms with Crippen LogP contribution in [0.25, 0.3) is 0 Å². The molecule has 0 bridgehead atoms. The Kier molecular flexibility index (Phi) is 4.81. The van der Waals surface area contributed by atoms with Crippen LogP contribution in [0.2, 0.25) is 0 Å². The number of nitro benzene ring substituents is 1. The molecule has 8 nitrogen and oxygen atoms in total. The van der Waals surface area contributed by atoms with Gasteiger partial charge in [0, 0.05) is 25.8 Å². The number of methoxy groups -OCH3 is 1. The average molecular weight is 289 g/mol. The number of sulfonamides is 1. The molecule has 106 valence electrons. The van der Waals surface area contributed by atoms with Crippen LogP contribution in [0, 0.1) is 10.1 Å². The van der Waals surface area contributed by atoms with E-state index in [0.29, 0.717) is 0 Å². The van der Waals surface area contributed by atoms with Crippen LogP contribution in [0.15, 0.2) is 23.1 Å². The summed E-state index contributed by atoms with van der Waals surface area (Å²) < 4.78 is 31.1. The third-order valence-corrected chi connectivity index (χ3v) is 3.95. The van der Waals surface area contributed by atoms with E-state index >= 15 is 0 Å². The van der Waals surface area contributed by atoms with Crippen LogP contribution >= 0.6 is 0 Å². The third-order valence-electron chi connectivity index (χ3n) is 2.46. The molecule has 1 unspecified atom stereocenters. The summed E-state index contributed by atoms with van der Waals surface area (Å²) in [6, 6.07) is 3.20. The molecule has 0 aliphatic heterocycles. The minimum atomic E-state index is -3.82. The number of rotatable bonds is 6. The lowest BCUT2D eigenvalue weighted by Crippen LogP contribution is -2.32. The lowest BCUT2D eigenvalue weighted by molar-refractivity contribution is -0.384. The molecule has 0 saturated heterocycles. The Balaban J connectivity index is 2.99. The molecule has 0 spiro atoms. The first-order valence-electron chi connectivity index (χ1n) is 5.34. The molecule has 1 aromatic carbocycles. The van der Waals surface area contributed by atoms with E-state index in [2.05, 4.69) is 4.72 Å². The predicted octanol–water partition coefficient (Wildman–Crippen LogP) is 0.490. The zero-order valence-electron chi connectivity index (χ0n) is 10.5. The number of anilines is 1. The van der Waals surface area contributed by atoms with Gasteiger partial charge in [-0.2, -0.15) is 0 Å². The minimum absolute atomic E-state index is 0.0786. The second kappa shape index (κ2) is 5.95. The molecule has 0 heterocycles. The number of nitrogen functional groups attached to an aromatic ring is 1. The van der Waals surface area contributed by atoms with E-state index in [1.165, 1.54) is 7.11 Å². The van der Waals surface area contributed by atoms with E-state index in [1.54, 1.807) is 6.92 Å². The summed E-state index contributed by atoms with van der Waals surface area (Å²) in [4.78, 5) is 9.70. The van der Waals surface area contributed by atoms with Crippen molar-refractivity contribution in [3.8, 4) is 0 Å². The van der Waals surface area contributed by atoms with Crippen molar-refractivity contribution >= 4 is 21.4 Å². The zero-order valence-corrected chi connectivity index (χ0v) is 11.3. The van der Waals surface area contributed by atoms with Gasteiger partial charge in [0.15, 0.2) is 0 Å². The first-order chi connectivity index (χ1) is 8.77. The highest BCUT2D eigenvalue weighted by Gasteiger charge is 2.20. The van der Waals surface area contributed by atoms with Crippen LogP contribution < -0.4 is 10.5 Å². The number of hydrogen-bond acceptors (Lipinski definition) is 6. The van der Waals surface area contributed by atoms with Crippen LogP contribution in [-0.2, 0) is 14.8 Å². The van der Waals surface area contributed by atoms with Gasteiger partial charge in [-0.15, -0.1) is 0 Å². The van der Waals surface area contributed by atoms with Gasteiger partial charge in [0.05, 0.1) is 16.7 Å². The summed E-state index contributed by atoms with van der Waals surface area (Å²) in [5, 5.41) is 10.5. The summed E-state index contributed by atoms with van der Waals surface area (Å²) in [6.45, 7) is 1.77. The largest absolute Gasteiger partial charge is 0.397 e. The lowest BCUT2D eigenvalue weighted by Gasteiger charge is -2.12. The van der Waals surface area contributed by atoms with Crippen molar-refractivity contribution in [2.75, 3.05) is 19.4 Å². The summed E-state index contributed by atoms with van der Waals surface area (Å²) in [6.07, 6.45) is -0.297. The van der Waals surface area contributed by atoms with Crippen LogP contribution in [-0.4, -0.2) is 33.1 Å². The molecule has 0 aromatic heterocycles. The highest BCUT2D eigenvalue weighted by molar-refractivity contribution is 7.89.